The number of hydrogen-bond acceptors (Lipinski definition) is 4. The molecule has 0 aromatic rings. The fourth-order valence-corrected chi connectivity index (χ4v) is 4.61. The van der Waals surface area contributed by atoms with E-state index < -0.39 is 0 Å². The third kappa shape index (κ3) is 23.3. The fraction of sp³-hybridized carbons (Fsp3) is 0.938. The highest BCUT2D eigenvalue weighted by atomic mass is 16.5. The molecule has 0 aliphatic carbocycles. The Morgan fingerprint density at radius 1 is 0.528 bits per heavy atom. The van der Waals surface area contributed by atoms with Crippen molar-refractivity contribution in [1.29, 1.82) is 0 Å². The van der Waals surface area contributed by atoms with Crippen LogP contribution in [0.4, 0.5) is 0 Å². The Morgan fingerprint density at radius 2 is 0.944 bits per heavy atom. The molecule has 0 aromatic heterocycles. The Balaban J connectivity index is 3.43. The minimum atomic E-state index is -0.0103. The summed E-state index contributed by atoms with van der Waals surface area (Å²) in [7, 11) is 0. The molecule has 4 heteroatoms. The zero-order valence-corrected chi connectivity index (χ0v) is 24.8. The second kappa shape index (κ2) is 27.0. The molecule has 0 N–H and O–H groups in total. The maximum atomic E-state index is 12.2. The van der Waals surface area contributed by atoms with Crippen molar-refractivity contribution in [2.24, 2.45) is 11.8 Å². The van der Waals surface area contributed by atoms with Gasteiger partial charge in [-0.1, -0.05) is 137 Å². The maximum absolute atomic E-state index is 12.2. The molecule has 214 valence electrons. The van der Waals surface area contributed by atoms with Crippen LogP contribution in [0.1, 0.15) is 169 Å². The summed E-state index contributed by atoms with van der Waals surface area (Å²) in [5, 5.41) is 0. The zero-order chi connectivity index (χ0) is 26.7. The molecule has 0 fully saturated rings. The normalized spacial score (nSPS) is 12.9. The Kier molecular flexibility index (Phi) is 26.2. The summed E-state index contributed by atoms with van der Waals surface area (Å²) in [6.07, 6.45) is 26.0. The minimum Gasteiger partial charge on any atom is -0.466 e. The number of carbonyl (C=O) groups excluding carboxylic acids is 2. The minimum absolute atomic E-state index is 0.00677. The third-order valence-corrected chi connectivity index (χ3v) is 7.52. The summed E-state index contributed by atoms with van der Waals surface area (Å²) in [5.41, 5.74) is 0. The maximum Gasteiger partial charge on any atom is 0.308 e. The number of rotatable bonds is 27. The molecule has 0 radical (unpaired) electrons. The second-order valence-corrected chi connectivity index (χ2v) is 11.1. The lowest BCUT2D eigenvalue weighted by Crippen LogP contribution is -2.22. The Labute approximate surface area is 225 Å². The molecular weight excluding hydrogens is 448 g/mol. The van der Waals surface area contributed by atoms with Gasteiger partial charge < -0.3 is 9.47 Å². The average molecular weight is 511 g/mol. The quantitative estimate of drug-likeness (QED) is 0.0814. The Hall–Kier alpha value is -1.06. The molecule has 0 spiro atoms. The van der Waals surface area contributed by atoms with E-state index in [1.807, 2.05) is 6.92 Å². The fourth-order valence-electron chi connectivity index (χ4n) is 4.61. The van der Waals surface area contributed by atoms with Crippen LogP contribution in [0, 0.1) is 11.8 Å². The van der Waals surface area contributed by atoms with Crippen molar-refractivity contribution in [3.63, 3.8) is 0 Å². The van der Waals surface area contributed by atoms with Gasteiger partial charge in [0.05, 0.1) is 19.1 Å². The lowest BCUT2D eigenvalue weighted by atomic mass is 9.90. The van der Waals surface area contributed by atoms with Crippen LogP contribution in [0.25, 0.3) is 0 Å². The van der Waals surface area contributed by atoms with E-state index in [1.54, 1.807) is 0 Å². The average Bonchev–Trinajstić information content (AvgIpc) is 2.88. The van der Waals surface area contributed by atoms with Crippen LogP contribution in [0.2, 0.25) is 0 Å². The number of carbonyl (C=O) groups is 2. The molecule has 0 amide bonds. The highest BCUT2D eigenvalue weighted by Gasteiger charge is 2.21. The van der Waals surface area contributed by atoms with Crippen LogP contribution in [0.15, 0.2) is 0 Å². The van der Waals surface area contributed by atoms with E-state index in [2.05, 4.69) is 20.8 Å². The predicted molar refractivity (Wildman–Crippen MR) is 153 cm³/mol. The standard InChI is InChI=1S/C32H62O4/c1-5-7-9-19-23-27-35-31(33)26-22-18-16-14-12-11-13-15-17-21-25-29(3)30(4)32(34)36-28-24-20-10-8-6-2/h29-30H,5-28H2,1-4H3. The molecule has 4 nitrogen and oxygen atoms in total. The summed E-state index contributed by atoms with van der Waals surface area (Å²) in [6, 6.07) is 0. The van der Waals surface area contributed by atoms with Gasteiger partial charge in [-0.25, -0.2) is 0 Å². The van der Waals surface area contributed by atoms with Crippen LogP contribution < -0.4 is 0 Å². The van der Waals surface area contributed by atoms with Crippen molar-refractivity contribution >= 4 is 11.9 Å². The molecular formula is C32H62O4. The first kappa shape index (κ1) is 34.9. The van der Waals surface area contributed by atoms with Gasteiger partial charge in [-0.2, -0.15) is 0 Å². The monoisotopic (exact) mass is 510 g/mol. The van der Waals surface area contributed by atoms with E-state index in [0.717, 1.165) is 32.1 Å². The van der Waals surface area contributed by atoms with Crippen LogP contribution >= 0.6 is 0 Å². The largest absolute Gasteiger partial charge is 0.466 e. The van der Waals surface area contributed by atoms with Crippen LogP contribution in [0.5, 0.6) is 0 Å². The Morgan fingerprint density at radius 3 is 1.47 bits per heavy atom. The van der Waals surface area contributed by atoms with Gasteiger partial charge in [0.2, 0.25) is 0 Å². The lowest BCUT2D eigenvalue weighted by Gasteiger charge is -2.18. The van der Waals surface area contributed by atoms with Crippen molar-refractivity contribution in [1.82, 2.24) is 0 Å². The smallest absolute Gasteiger partial charge is 0.308 e. The van der Waals surface area contributed by atoms with Gasteiger partial charge >= 0.3 is 11.9 Å². The van der Waals surface area contributed by atoms with Crippen molar-refractivity contribution in [3.8, 4) is 0 Å². The molecule has 36 heavy (non-hydrogen) atoms. The summed E-state index contributed by atoms with van der Waals surface area (Å²) in [5.74, 6) is 0.398. The topological polar surface area (TPSA) is 52.6 Å². The van der Waals surface area contributed by atoms with Gasteiger partial charge in [-0.05, 0) is 31.6 Å². The summed E-state index contributed by atoms with van der Waals surface area (Å²) in [6.45, 7) is 9.85. The molecule has 2 unspecified atom stereocenters. The van der Waals surface area contributed by atoms with Gasteiger partial charge in [-0.3, -0.25) is 9.59 Å². The molecule has 0 aliphatic heterocycles. The van der Waals surface area contributed by atoms with E-state index in [1.165, 1.54) is 103 Å². The predicted octanol–water partition coefficient (Wildman–Crippen LogP) is 9.97. The second-order valence-electron chi connectivity index (χ2n) is 11.1. The molecule has 2 atom stereocenters. The van der Waals surface area contributed by atoms with E-state index in [-0.39, 0.29) is 17.9 Å². The first-order valence-corrected chi connectivity index (χ1v) is 15.8. The zero-order valence-electron chi connectivity index (χ0n) is 24.8. The molecule has 0 aromatic carbocycles. The molecule has 0 aliphatic rings. The van der Waals surface area contributed by atoms with E-state index >= 15 is 0 Å². The molecule has 0 bridgehead atoms. The van der Waals surface area contributed by atoms with Gasteiger partial charge in [0.1, 0.15) is 0 Å². The van der Waals surface area contributed by atoms with Gasteiger partial charge in [-0.15, -0.1) is 0 Å². The highest BCUT2D eigenvalue weighted by Crippen LogP contribution is 2.21. The van der Waals surface area contributed by atoms with Crippen LogP contribution in [0.3, 0.4) is 0 Å². The number of hydrogen-bond donors (Lipinski definition) is 0. The Bertz CT molecular complexity index is 491. The number of esters is 2. The SMILES string of the molecule is CCCCCCCOC(=O)CCCCCCCCCCCCC(C)C(C)C(=O)OCCCCCCC. The van der Waals surface area contributed by atoms with E-state index in [4.69, 9.17) is 9.47 Å². The molecule has 0 heterocycles. The highest BCUT2D eigenvalue weighted by molar-refractivity contribution is 5.72. The van der Waals surface area contributed by atoms with Gasteiger partial charge in [0.15, 0.2) is 0 Å². The molecule has 0 rings (SSSR count). The van der Waals surface area contributed by atoms with Gasteiger partial charge in [0.25, 0.3) is 0 Å². The van der Waals surface area contributed by atoms with Gasteiger partial charge in [0, 0.05) is 6.42 Å². The number of ether oxygens (including phenoxy) is 2. The lowest BCUT2D eigenvalue weighted by molar-refractivity contribution is -0.150. The van der Waals surface area contributed by atoms with E-state index in [9.17, 15) is 9.59 Å². The van der Waals surface area contributed by atoms with Crippen LogP contribution in [-0.2, 0) is 19.1 Å². The number of unbranched alkanes of at least 4 members (excludes halogenated alkanes) is 17. The summed E-state index contributed by atoms with van der Waals surface area (Å²) < 4.78 is 10.8. The molecule has 0 saturated carbocycles. The summed E-state index contributed by atoms with van der Waals surface area (Å²) in [4.78, 5) is 24.0. The van der Waals surface area contributed by atoms with Crippen molar-refractivity contribution < 1.29 is 19.1 Å². The first-order chi connectivity index (χ1) is 17.5. The van der Waals surface area contributed by atoms with Crippen LogP contribution in [-0.4, -0.2) is 25.2 Å². The summed E-state index contributed by atoms with van der Waals surface area (Å²) >= 11 is 0. The van der Waals surface area contributed by atoms with Crippen molar-refractivity contribution in [2.45, 2.75) is 169 Å². The third-order valence-electron chi connectivity index (χ3n) is 7.52. The van der Waals surface area contributed by atoms with Crippen molar-refractivity contribution in [2.75, 3.05) is 13.2 Å². The van der Waals surface area contributed by atoms with E-state index in [0.29, 0.717) is 25.6 Å². The molecule has 0 saturated heterocycles. The first-order valence-electron chi connectivity index (χ1n) is 15.8. The van der Waals surface area contributed by atoms with Crippen molar-refractivity contribution in [3.05, 3.63) is 0 Å².